The molecule has 0 aliphatic heterocycles. The van der Waals surface area contributed by atoms with Gasteiger partial charge in [0.25, 0.3) is 0 Å². The van der Waals surface area contributed by atoms with Crippen LogP contribution in [0.5, 0.6) is 0 Å². The molecule has 2 aromatic carbocycles. The highest BCUT2D eigenvalue weighted by Crippen LogP contribution is 2.29. The SMILES string of the molecule is CC(C)(C)c1ccc(-c2cc([Si](C)(C)C)ccc2N)cc1. The summed E-state index contributed by atoms with van der Waals surface area (Å²) in [6.07, 6.45) is 0. The summed E-state index contributed by atoms with van der Waals surface area (Å²) < 4.78 is 0. The van der Waals surface area contributed by atoms with Crippen molar-refractivity contribution in [3.8, 4) is 11.1 Å². The lowest BCUT2D eigenvalue weighted by molar-refractivity contribution is 0.590. The molecule has 0 atom stereocenters. The molecule has 0 bridgehead atoms. The van der Waals surface area contributed by atoms with E-state index in [4.69, 9.17) is 5.73 Å². The summed E-state index contributed by atoms with van der Waals surface area (Å²) in [6.45, 7) is 13.8. The Hall–Kier alpha value is -1.54. The average Bonchev–Trinajstić information content (AvgIpc) is 2.37. The molecule has 0 unspecified atom stereocenters. The van der Waals surface area contributed by atoms with Crippen molar-refractivity contribution >= 4 is 18.9 Å². The van der Waals surface area contributed by atoms with Crippen molar-refractivity contribution in [2.45, 2.75) is 45.8 Å². The molecule has 0 saturated carbocycles. The fourth-order valence-corrected chi connectivity index (χ4v) is 3.58. The predicted octanol–water partition coefficient (Wildman–Crippen LogP) is 4.78. The van der Waals surface area contributed by atoms with E-state index in [-0.39, 0.29) is 5.41 Å². The standard InChI is InChI=1S/C19H27NSi/c1-19(2,3)15-9-7-14(8-10-15)17-13-16(21(4,5)6)11-12-18(17)20/h7-13H,20H2,1-6H3. The summed E-state index contributed by atoms with van der Waals surface area (Å²) in [5.41, 5.74) is 11.0. The molecule has 0 fully saturated rings. The summed E-state index contributed by atoms with van der Waals surface area (Å²) in [5, 5.41) is 1.45. The van der Waals surface area contributed by atoms with Crippen LogP contribution in [0.4, 0.5) is 5.69 Å². The summed E-state index contributed by atoms with van der Waals surface area (Å²) in [6, 6.07) is 15.4. The van der Waals surface area contributed by atoms with Crippen LogP contribution in [0.25, 0.3) is 11.1 Å². The number of hydrogen-bond acceptors (Lipinski definition) is 1. The van der Waals surface area contributed by atoms with Crippen molar-refractivity contribution in [2.75, 3.05) is 5.73 Å². The van der Waals surface area contributed by atoms with E-state index in [9.17, 15) is 0 Å². The van der Waals surface area contributed by atoms with Gasteiger partial charge in [0.1, 0.15) is 0 Å². The number of anilines is 1. The van der Waals surface area contributed by atoms with Gasteiger partial charge in [0.15, 0.2) is 0 Å². The normalized spacial score (nSPS) is 12.5. The maximum atomic E-state index is 6.20. The first-order valence-electron chi connectivity index (χ1n) is 7.60. The van der Waals surface area contributed by atoms with Crippen LogP contribution in [0, 0.1) is 0 Å². The molecule has 0 aliphatic carbocycles. The molecule has 0 saturated heterocycles. The van der Waals surface area contributed by atoms with Gasteiger partial charge in [0.2, 0.25) is 0 Å². The molecule has 2 N–H and O–H groups in total. The lowest BCUT2D eigenvalue weighted by Crippen LogP contribution is -2.37. The zero-order chi connectivity index (χ0) is 15.8. The summed E-state index contributed by atoms with van der Waals surface area (Å²) in [4.78, 5) is 0. The highest BCUT2D eigenvalue weighted by molar-refractivity contribution is 6.88. The van der Waals surface area contributed by atoms with Crippen LogP contribution in [0.3, 0.4) is 0 Å². The first-order valence-corrected chi connectivity index (χ1v) is 11.1. The molecular weight excluding hydrogens is 270 g/mol. The van der Waals surface area contributed by atoms with Crippen molar-refractivity contribution in [1.82, 2.24) is 0 Å². The van der Waals surface area contributed by atoms with E-state index in [2.05, 4.69) is 82.9 Å². The molecule has 2 heteroatoms. The average molecular weight is 298 g/mol. The number of nitrogen functional groups attached to an aromatic ring is 1. The fourth-order valence-electron chi connectivity index (χ4n) is 2.42. The van der Waals surface area contributed by atoms with E-state index in [0.29, 0.717) is 0 Å². The largest absolute Gasteiger partial charge is 0.398 e. The quantitative estimate of drug-likeness (QED) is 0.626. The van der Waals surface area contributed by atoms with E-state index in [1.54, 1.807) is 0 Å². The van der Waals surface area contributed by atoms with Crippen LogP contribution in [0.2, 0.25) is 19.6 Å². The molecule has 0 aliphatic rings. The molecule has 0 heterocycles. The smallest absolute Gasteiger partial charge is 0.0776 e. The van der Waals surface area contributed by atoms with Gasteiger partial charge in [-0.3, -0.25) is 0 Å². The van der Waals surface area contributed by atoms with Crippen molar-refractivity contribution < 1.29 is 0 Å². The maximum Gasteiger partial charge on any atom is 0.0776 e. The Morgan fingerprint density at radius 3 is 1.90 bits per heavy atom. The van der Waals surface area contributed by atoms with Crippen molar-refractivity contribution in [3.05, 3.63) is 48.0 Å². The lowest BCUT2D eigenvalue weighted by atomic mass is 9.86. The van der Waals surface area contributed by atoms with Gasteiger partial charge in [-0.15, -0.1) is 0 Å². The van der Waals surface area contributed by atoms with E-state index in [0.717, 1.165) is 11.3 Å². The van der Waals surface area contributed by atoms with Crippen molar-refractivity contribution in [1.29, 1.82) is 0 Å². The Kier molecular flexibility index (Phi) is 4.03. The van der Waals surface area contributed by atoms with E-state index in [1.807, 2.05) is 0 Å². The van der Waals surface area contributed by atoms with Gasteiger partial charge in [0, 0.05) is 11.3 Å². The second kappa shape index (κ2) is 5.34. The third-order valence-corrected chi connectivity index (χ3v) is 6.02. The lowest BCUT2D eigenvalue weighted by Gasteiger charge is -2.21. The summed E-state index contributed by atoms with van der Waals surface area (Å²) >= 11 is 0. The van der Waals surface area contributed by atoms with Crippen molar-refractivity contribution in [3.63, 3.8) is 0 Å². The summed E-state index contributed by atoms with van der Waals surface area (Å²) in [5.74, 6) is 0. The van der Waals surface area contributed by atoms with Gasteiger partial charge in [0.05, 0.1) is 8.07 Å². The van der Waals surface area contributed by atoms with Gasteiger partial charge >= 0.3 is 0 Å². The second-order valence-electron chi connectivity index (χ2n) is 7.88. The molecular formula is C19H27NSi. The number of nitrogens with two attached hydrogens (primary N) is 1. The zero-order valence-corrected chi connectivity index (χ0v) is 15.1. The van der Waals surface area contributed by atoms with Gasteiger partial charge in [-0.2, -0.15) is 0 Å². The molecule has 21 heavy (non-hydrogen) atoms. The maximum absolute atomic E-state index is 6.20. The number of rotatable bonds is 2. The van der Waals surface area contributed by atoms with Crippen LogP contribution in [0.1, 0.15) is 26.3 Å². The Morgan fingerprint density at radius 1 is 0.857 bits per heavy atom. The molecule has 0 amide bonds. The van der Waals surface area contributed by atoms with E-state index < -0.39 is 8.07 Å². The third-order valence-electron chi connectivity index (χ3n) is 3.98. The second-order valence-corrected chi connectivity index (χ2v) is 13.0. The number of benzene rings is 2. The van der Waals surface area contributed by atoms with Crippen LogP contribution >= 0.6 is 0 Å². The highest BCUT2D eigenvalue weighted by atomic mass is 28.3. The monoisotopic (exact) mass is 297 g/mol. The first-order chi connectivity index (χ1) is 9.59. The minimum atomic E-state index is -1.32. The Morgan fingerprint density at radius 2 is 1.43 bits per heavy atom. The van der Waals surface area contributed by atoms with Crippen LogP contribution in [-0.4, -0.2) is 8.07 Å². The minimum Gasteiger partial charge on any atom is -0.398 e. The number of hydrogen-bond donors (Lipinski definition) is 1. The molecule has 0 radical (unpaired) electrons. The van der Waals surface area contributed by atoms with Gasteiger partial charge in [-0.25, -0.2) is 0 Å². The zero-order valence-electron chi connectivity index (χ0n) is 14.1. The highest BCUT2D eigenvalue weighted by Gasteiger charge is 2.18. The Balaban J connectivity index is 2.47. The Labute approximate surface area is 130 Å². The van der Waals surface area contributed by atoms with Crippen LogP contribution < -0.4 is 10.9 Å². The molecule has 112 valence electrons. The van der Waals surface area contributed by atoms with Gasteiger partial charge in [-0.05, 0) is 22.6 Å². The third kappa shape index (κ3) is 3.56. The van der Waals surface area contributed by atoms with Gasteiger partial charge in [-0.1, -0.05) is 82.0 Å². The fraction of sp³-hybridized carbons (Fsp3) is 0.368. The minimum absolute atomic E-state index is 0.185. The van der Waals surface area contributed by atoms with Gasteiger partial charge < -0.3 is 5.73 Å². The van der Waals surface area contributed by atoms with Crippen LogP contribution in [0.15, 0.2) is 42.5 Å². The molecule has 2 aromatic rings. The molecule has 2 rings (SSSR count). The molecule has 0 aromatic heterocycles. The predicted molar refractivity (Wildman–Crippen MR) is 98.0 cm³/mol. The first kappa shape index (κ1) is 15.8. The van der Waals surface area contributed by atoms with E-state index >= 15 is 0 Å². The van der Waals surface area contributed by atoms with E-state index in [1.165, 1.54) is 16.3 Å². The Bertz CT molecular complexity index is 628. The summed E-state index contributed by atoms with van der Waals surface area (Å²) in [7, 11) is -1.32. The van der Waals surface area contributed by atoms with Crippen LogP contribution in [-0.2, 0) is 5.41 Å². The van der Waals surface area contributed by atoms with Crippen molar-refractivity contribution in [2.24, 2.45) is 0 Å². The topological polar surface area (TPSA) is 26.0 Å². The molecule has 1 nitrogen and oxygen atoms in total. The molecule has 0 spiro atoms.